The molecule has 0 aliphatic carbocycles. The molecule has 1 unspecified atom stereocenters. The first-order chi connectivity index (χ1) is 13.4. The maximum absolute atomic E-state index is 14.2. The van der Waals surface area contributed by atoms with Crippen molar-refractivity contribution in [3.63, 3.8) is 0 Å². The summed E-state index contributed by atoms with van der Waals surface area (Å²) < 4.78 is 33.9. The molecule has 1 aromatic rings. The monoisotopic (exact) mass is 430 g/mol. The Morgan fingerprint density at radius 3 is 2.59 bits per heavy atom. The second-order valence-electron chi connectivity index (χ2n) is 9.17. The number of aromatic nitrogens is 1. The minimum absolute atomic E-state index is 0.0747. The fourth-order valence-corrected chi connectivity index (χ4v) is 3.86. The molecule has 0 spiro atoms. The minimum Gasteiger partial charge on any atom is -0.460 e. The Labute approximate surface area is 178 Å². The molecule has 0 bridgehead atoms. The van der Waals surface area contributed by atoms with Crippen LogP contribution in [0.1, 0.15) is 72.3 Å². The van der Waals surface area contributed by atoms with Gasteiger partial charge in [0.05, 0.1) is 0 Å². The zero-order valence-electron chi connectivity index (χ0n) is 18.1. The second-order valence-corrected chi connectivity index (χ2v) is 9.56. The SMILES string of the molecule is CCC(F)(F)c1cc(Cl)nc(N2CCC(CC(=O)OC(C)(C)C)CC[C@H](C)C2)c1. The smallest absolute Gasteiger partial charge is 0.306 e. The van der Waals surface area contributed by atoms with E-state index >= 15 is 0 Å². The van der Waals surface area contributed by atoms with Gasteiger partial charge in [0.15, 0.2) is 0 Å². The number of alkyl halides is 2. The van der Waals surface area contributed by atoms with Crippen LogP contribution in [0.5, 0.6) is 0 Å². The number of ether oxygens (including phenoxy) is 1. The average molecular weight is 431 g/mol. The van der Waals surface area contributed by atoms with Crippen molar-refractivity contribution in [2.45, 2.75) is 78.2 Å². The van der Waals surface area contributed by atoms with Gasteiger partial charge in [0.1, 0.15) is 16.6 Å². The fraction of sp³-hybridized carbons (Fsp3) is 0.727. The van der Waals surface area contributed by atoms with Crippen LogP contribution in [0.4, 0.5) is 14.6 Å². The molecular weight excluding hydrogens is 398 g/mol. The molecule has 7 heteroatoms. The minimum atomic E-state index is -2.94. The highest BCUT2D eigenvalue weighted by molar-refractivity contribution is 6.29. The Bertz CT molecular complexity index is 707. The number of anilines is 1. The number of carbonyl (C=O) groups is 1. The topological polar surface area (TPSA) is 42.4 Å². The molecule has 0 radical (unpaired) electrons. The Hall–Kier alpha value is -1.43. The van der Waals surface area contributed by atoms with Gasteiger partial charge >= 0.3 is 5.97 Å². The zero-order chi connectivity index (χ0) is 21.8. The van der Waals surface area contributed by atoms with Gasteiger partial charge in [-0.15, -0.1) is 0 Å². The van der Waals surface area contributed by atoms with E-state index in [2.05, 4.69) is 11.9 Å². The molecule has 0 amide bonds. The average Bonchev–Trinajstić information content (AvgIpc) is 2.58. The summed E-state index contributed by atoms with van der Waals surface area (Å²) in [7, 11) is 0. The lowest BCUT2D eigenvalue weighted by atomic mass is 9.89. The predicted octanol–water partition coefficient (Wildman–Crippen LogP) is 6.21. The molecule has 1 aromatic heterocycles. The Balaban J connectivity index is 2.15. The second kappa shape index (κ2) is 9.59. The van der Waals surface area contributed by atoms with Crippen LogP contribution in [0.2, 0.25) is 5.15 Å². The van der Waals surface area contributed by atoms with Gasteiger partial charge < -0.3 is 9.64 Å². The lowest BCUT2D eigenvalue weighted by molar-refractivity contribution is -0.156. The summed E-state index contributed by atoms with van der Waals surface area (Å²) >= 11 is 6.07. The number of carbonyl (C=O) groups excluding carboxylic acids is 1. The van der Waals surface area contributed by atoms with Crippen LogP contribution in [0, 0.1) is 11.8 Å². The van der Waals surface area contributed by atoms with Gasteiger partial charge in [0.25, 0.3) is 5.92 Å². The summed E-state index contributed by atoms with van der Waals surface area (Å²) in [6, 6.07) is 2.69. The number of pyridine rings is 1. The zero-order valence-corrected chi connectivity index (χ0v) is 18.9. The predicted molar refractivity (Wildman–Crippen MR) is 113 cm³/mol. The summed E-state index contributed by atoms with van der Waals surface area (Å²) in [5.74, 6) is -2.09. The van der Waals surface area contributed by atoms with Gasteiger partial charge in [0, 0.05) is 31.5 Å². The molecular formula is C22H33ClF2N2O2. The van der Waals surface area contributed by atoms with E-state index in [0.29, 0.717) is 24.7 Å². The summed E-state index contributed by atoms with van der Waals surface area (Å²) in [6.45, 7) is 10.5. The van der Waals surface area contributed by atoms with E-state index in [9.17, 15) is 13.6 Å². The fourth-order valence-electron chi connectivity index (χ4n) is 3.65. The maximum Gasteiger partial charge on any atom is 0.306 e. The van der Waals surface area contributed by atoms with Crippen molar-refractivity contribution in [2.24, 2.45) is 11.8 Å². The highest BCUT2D eigenvalue weighted by Gasteiger charge is 2.31. The lowest BCUT2D eigenvalue weighted by Crippen LogP contribution is -2.35. The summed E-state index contributed by atoms with van der Waals surface area (Å²) in [6.07, 6.45) is 2.78. The van der Waals surface area contributed by atoms with E-state index in [1.807, 2.05) is 25.7 Å². The van der Waals surface area contributed by atoms with Crippen molar-refractivity contribution >= 4 is 23.4 Å². The van der Waals surface area contributed by atoms with E-state index in [-0.39, 0.29) is 29.0 Å². The third kappa shape index (κ3) is 7.40. The van der Waals surface area contributed by atoms with Crippen molar-refractivity contribution in [1.29, 1.82) is 0 Å². The maximum atomic E-state index is 14.2. The normalized spacial score (nSPS) is 21.4. The Morgan fingerprint density at radius 2 is 1.97 bits per heavy atom. The van der Waals surface area contributed by atoms with E-state index in [0.717, 1.165) is 25.8 Å². The van der Waals surface area contributed by atoms with Crippen molar-refractivity contribution in [2.75, 3.05) is 18.0 Å². The summed E-state index contributed by atoms with van der Waals surface area (Å²) in [5, 5.41) is 0.0747. The number of halogens is 3. The van der Waals surface area contributed by atoms with Crippen molar-refractivity contribution < 1.29 is 18.3 Å². The van der Waals surface area contributed by atoms with Crippen LogP contribution in [-0.4, -0.2) is 29.6 Å². The van der Waals surface area contributed by atoms with Crippen LogP contribution in [0.15, 0.2) is 12.1 Å². The van der Waals surface area contributed by atoms with Crippen LogP contribution in [0.25, 0.3) is 0 Å². The molecule has 29 heavy (non-hydrogen) atoms. The van der Waals surface area contributed by atoms with Gasteiger partial charge in [-0.3, -0.25) is 4.79 Å². The quantitative estimate of drug-likeness (QED) is 0.411. The van der Waals surface area contributed by atoms with E-state index in [1.165, 1.54) is 19.1 Å². The number of nitrogens with zero attached hydrogens (tertiary/aromatic N) is 2. The number of hydrogen-bond donors (Lipinski definition) is 0. The van der Waals surface area contributed by atoms with Crippen molar-refractivity contribution in [3.8, 4) is 0 Å². The van der Waals surface area contributed by atoms with E-state index < -0.39 is 11.5 Å². The molecule has 1 aliphatic heterocycles. The first kappa shape index (κ1) is 23.8. The van der Waals surface area contributed by atoms with Crippen LogP contribution in [-0.2, 0) is 15.5 Å². The van der Waals surface area contributed by atoms with E-state index in [1.54, 1.807) is 0 Å². The lowest BCUT2D eigenvalue weighted by Gasteiger charge is -2.33. The number of esters is 1. The third-order valence-corrected chi connectivity index (χ3v) is 5.45. The van der Waals surface area contributed by atoms with E-state index in [4.69, 9.17) is 16.3 Å². The van der Waals surface area contributed by atoms with Crippen LogP contribution < -0.4 is 4.90 Å². The van der Waals surface area contributed by atoms with Gasteiger partial charge in [-0.05, 0) is 64.0 Å². The molecule has 0 N–H and O–H groups in total. The van der Waals surface area contributed by atoms with Gasteiger partial charge in [0.2, 0.25) is 0 Å². The highest BCUT2D eigenvalue weighted by atomic mass is 35.5. The molecule has 1 saturated heterocycles. The largest absolute Gasteiger partial charge is 0.460 e. The molecule has 0 saturated carbocycles. The van der Waals surface area contributed by atoms with Crippen LogP contribution >= 0.6 is 11.6 Å². The van der Waals surface area contributed by atoms with Gasteiger partial charge in [-0.1, -0.05) is 25.4 Å². The summed E-state index contributed by atoms with van der Waals surface area (Å²) in [4.78, 5) is 18.6. The first-order valence-corrected chi connectivity index (χ1v) is 10.8. The summed E-state index contributed by atoms with van der Waals surface area (Å²) in [5.41, 5.74) is -0.598. The van der Waals surface area contributed by atoms with Crippen molar-refractivity contribution in [1.82, 2.24) is 4.98 Å². The molecule has 164 valence electrons. The van der Waals surface area contributed by atoms with Gasteiger partial charge in [-0.25, -0.2) is 13.8 Å². The number of rotatable bonds is 5. The van der Waals surface area contributed by atoms with Crippen LogP contribution in [0.3, 0.4) is 0 Å². The molecule has 4 nitrogen and oxygen atoms in total. The molecule has 1 fully saturated rings. The molecule has 0 aromatic carbocycles. The number of hydrogen-bond acceptors (Lipinski definition) is 4. The molecule has 2 heterocycles. The molecule has 1 aliphatic rings. The Kier molecular flexibility index (Phi) is 7.88. The Morgan fingerprint density at radius 1 is 1.28 bits per heavy atom. The van der Waals surface area contributed by atoms with Gasteiger partial charge in [-0.2, -0.15) is 0 Å². The first-order valence-electron chi connectivity index (χ1n) is 10.4. The highest BCUT2D eigenvalue weighted by Crippen LogP contribution is 2.35. The molecule has 2 atom stereocenters. The standard InChI is InChI=1S/C22H33ClF2N2O2/c1-6-22(24,25)17-12-18(23)26-19(13-17)27-10-9-16(8-7-15(2)14-27)11-20(28)29-21(3,4)5/h12-13,15-16H,6-11,14H2,1-5H3/t15-,16?/m0/s1. The molecule has 2 rings (SSSR count). The van der Waals surface area contributed by atoms with Crippen molar-refractivity contribution in [3.05, 3.63) is 22.8 Å². The third-order valence-electron chi connectivity index (χ3n) is 5.25.